The quantitative estimate of drug-likeness (QED) is 0.684. The van der Waals surface area contributed by atoms with Crippen LogP contribution >= 0.6 is 0 Å². The lowest BCUT2D eigenvalue weighted by Gasteiger charge is -2.37. The van der Waals surface area contributed by atoms with Crippen molar-refractivity contribution < 1.29 is 14.3 Å². The second-order valence-corrected chi connectivity index (χ2v) is 8.21. The summed E-state index contributed by atoms with van der Waals surface area (Å²) in [5.41, 5.74) is 2.06. The van der Waals surface area contributed by atoms with Crippen LogP contribution in [-0.2, 0) is 16.2 Å². The second-order valence-electron chi connectivity index (χ2n) is 8.21. The van der Waals surface area contributed by atoms with Gasteiger partial charge in [0, 0.05) is 45.1 Å². The molecule has 2 heterocycles. The van der Waals surface area contributed by atoms with Gasteiger partial charge in [-0.15, -0.1) is 0 Å². The van der Waals surface area contributed by atoms with E-state index in [9.17, 15) is 9.59 Å². The molecule has 0 radical (unpaired) electrons. The Labute approximate surface area is 173 Å². The van der Waals surface area contributed by atoms with Gasteiger partial charge < -0.3 is 24.0 Å². The first-order chi connectivity index (χ1) is 13.6. The number of hydrogen-bond donors (Lipinski definition) is 0. The van der Waals surface area contributed by atoms with Crippen LogP contribution in [-0.4, -0.2) is 65.7 Å². The van der Waals surface area contributed by atoms with E-state index in [0.29, 0.717) is 32.8 Å². The molecule has 1 aromatic rings. The predicted molar refractivity (Wildman–Crippen MR) is 113 cm³/mol. The van der Waals surface area contributed by atoms with Crippen molar-refractivity contribution in [1.29, 1.82) is 0 Å². The van der Waals surface area contributed by atoms with Crippen molar-refractivity contribution in [2.24, 2.45) is 4.99 Å². The summed E-state index contributed by atoms with van der Waals surface area (Å²) >= 11 is 0. The second kappa shape index (κ2) is 9.62. The smallest absolute Gasteiger partial charge is 0.410 e. The van der Waals surface area contributed by atoms with Gasteiger partial charge in [0.2, 0.25) is 6.41 Å². The van der Waals surface area contributed by atoms with Crippen LogP contribution in [0, 0.1) is 0 Å². The van der Waals surface area contributed by atoms with Gasteiger partial charge in [0.05, 0.1) is 12.4 Å². The number of pyridine rings is 1. The van der Waals surface area contributed by atoms with Crippen LogP contribution in [0.5, 0.6) is 0 Å². The minimum atomic E-state index is -0.494. The summed E-state index contributed by atoms with van der Waals surface area (Å²) in [5, 5.41) is 0. The lowest BCUT2D eigenvalue weighted by molar-refractivity contribution is -0.118. The average molecular weight is 404 g/mol. The third-order valence-corrected chi connectivity index (χ3v) is 4.52. The number of ether oxygens (including phenoxy) is 1. The first-order valence-corrected chi connectivity index (χ1v) is 9.94. The Kier molecular flexibility index (Phi) is 7.47. The molecule has 2 rings (SSSR count). The van der Waals surface area contributed by atoms with E-state index in [4.69, 9.17) is 4.74 Å². The van der Waals surface area contributed by atoms with Gasteiger partial charge in [0.1, 0.15) is 11.1 Å². The average Bonchev–Trinajstić information content (AvgIpc) is 2.67. The van der Waals surface area contributed by atoms with E-state index >= 15 is 0 Å². The molecule has 0 aliphatic carbocycles. The van der Waals surface area contributed by atoms with Gasteiger partial charge in [-0.1, -0.05) is 13.5 Å². The summed E-state index contributed by atoms with van der Waals surface area (Å²) < 4.78 is 7.40. The summed E-state index contributed by atoms with van der Waals surface area (Å²) in [6, 6.07) is 3.96. The summed E-state index contributed by atoms with van der Waals surface area (Å²) in [4.78, 5) is 33.4. The highest BCUT2D eigenvalue weighted by molar-refractivity contribution is 5.68. The number of nitrogens with zero attached hydrogens (tertiary/aromatic N) is 5. The van der Waals surface area contributed by atoms with E-state index in [1.807, 2.05) is 50.6 Å². The Morgan fingerprint density at radius 2 is 1.93 bits per heavy atom. The minimum Gasteiger partial charge on any atom is -0.444 e. The normalized spacial score (nSPS) is 15.3. The molecule has 0 unspecified atom stereocenters. The molecule has 0 N–H and O–H groups in total. The number of allylic oxidation sites excluding steroid dienone is 1. The van der Waals surface area contributed by atoms with Crippen molar-refractivity contribution in [2.45, 2.75) is 46.4 Å². The number of amides is 2. The number of carbonyl (C=O) groups excluding carboxylic acids is 2. The predicted octanol–water partition coefficient (Wildman–Crippen LogP) is 2.42. The topological polar surface area (TPSA) is 70.4 Å². The molecule has 8 nitrogen and oxygen atoms in total. The number of piperazine rings is 1. The molecule has 0 aromatic carbocycles. The number of anilines is 1. The Morgan fingerprint density at radius 3 is 2.48 bits per heavy atom. The molecule has 29 heavy (non-hydrogen) atoms. The molecule has 0 bridgehead atoms. The number of aromatic nitrogens is 1. The van der Waals surface area contributed by atoms with E-state index in [1.165, 1.54) is 0 Å². The Bertz CT molecular complexity index is 801. The zero-order valence-electron chi connectivity index (χ0n) is 18.2. The van der Waals surface area contributed by atoms with Gasteiger partial charge in [0.25, 0.3) is 0 Å². The van der Waals surface area contributed by atoms with E-state index in [2.05, 4.69) is 16.5 Å². The van der Waals surface area contributed by atoms with Gasteiger partial charge in [-0.25, -0.2) is 9.79 Å². The highest BCUT2D eigenvalue weighted by atomic mass is 16.6. The molecule has 2 amide bonds. The molecule has 1 fully saturated rings. The number of rotatable bonds is 6. The Morgan fingerprint density at radius 1 is 1.28 bits per heavy atom. The van der Waals surface area contributed by atoms with Crippen molar-refractivity contribution in [3.8, 4) is 0 Å². The molecular weight excluding hydrogens is 370 g/mol. The van der Waals surface area contributed by atoms with Gasteiger partial charge >= 0.3 is 6.09 Å². The molecule has 1 aliphatic rings. The fourth-order valence-corrected chi connectivity index (χ4v) is 2.91. The molecule has 1 aromatic heterocycles. The number of hydrogen-bond acceptors (Lipinski definition) is 5. The lowest BCUT2D eigenvalue weighted by Crippen LogP contribution is -2.50. The van der Waals surface area contributed by atoms with Gasteiger partial charge in [-0.2, -0.15) is 0 Å². The van der Waals surface area contributed by atoms with E-state index in [0.717, 1.165) is 29.7 Å². The zero-order chi connectivity index (χ0) is 21.6. The fourth-order valence-electron chi connectivity index (χ4n) is 2.91. The maximum Gasteiger partial charge on any atom is 0.410 e. The molecule has 0 atom stereocenters. The zero-order valence-corrected chi connectivity index (χ0v) is 18.2. The largest absolute Gasteiger partial charge is 0.444 e. The first kappa shape index (κ1) is 22.5. The van der Waals surface area contributed by atoms with Crippen molar-refractivity contribution in [3.63, 3.8) is 0 Å². The van der Waals surface area contributed by atoms with Crippen LogP contribution in [0.25, 0.3) is 0 Å². The summed E-state index contributed by atoms with van der Waals surface area (Å²) in [6.45, 7) is 14.6. The van der Waals surface area contributed by atoms with Gasteiger partial charge in [-0.3, -0.25) is 4.79 Å². The van der Waals surface area contributed by atoms with Gasteiger partial charge in [0.15, 0.2) is 0 Å². The third kappa shape index (κ3) is 6.66. The molecule has 1 saturated heterocycles. The number of carbonyl (C=O) groups is 2. The summed E-state index contributed by atoms with van der Waals surface area (Å²) in [7, 11) is 1.73. The van der Waals surface area contributed by atoms with E-state index in [-0.39, 0.29) is 6.09 Å². The van der Waals surface area contributed by atoms with Crippen LogP contribution in [0.4, 0.5) is 10.5 Å². The SMILES string of the molecule is C=C(CC)N=c1ccc(N2CCN(C(=O)OC(C)(C)C)CC2)cn1CN(C)C=O. The first-order valence-electron chi connectivity index (χ1n) is 9.94. The van der Waals surface area contributed by atoms with Crippen molar-refractivity contribution in [1.82, 2.24) is 14.4 Å². The molecule has 160 valence electrons. The van der Waals surface area contributed by atoms with Crippen LogP contribution < -0.4 is 10.4 Å². The van der Waals surface area contributed by atoms with E-state index < -0.39 is 5.60 Å². The van der Waals surface area contributed by atoms with Crippen molar-refractivity contribution >= 4 is 18.2 Å². The molecule has 0 saturated carbocycles. The lowest BCUT2D eigenvalue weighted by atomic mass is 10.2. The Balaban J connectivity index is 2.16. The van der Waals surface area contributed by atoms with Crippen LogP contribution in [0.3, 0.4) is 0 Å². The molecule has 1 aliphatic heterocycles. The highest BCUT2D eigenvalue weighted by Gasteiger charge is 2.26. The minimum absolute atomic E-state index is 0.271. The van der Waals surface area contributed by atoms with Crippen LogP contribution in [0.2, 0.25) is 0 Å². The van der Waals surface area contributed by atoms with Crippen molar-refractivity contribution in [2.75, 3.05) is 38.1 Å². The maximum atomic E-state index is 12.3. The van der Waals surface area contributed by atoms with Crippen LogP contribution in [0.1, 0.15) is 34.1 Å². The Hall–Kier alpha value is -2.77. The monoisotopic (exact) mass is 403 g/mol. The summed E-state index contributed by atoms with van der Waals surface area (Å²) in [6.07, 6.45) is 3.27. The molecule has 8 heteroatoms. The molecule has 0 spiro atoms. The third-order valence-electron chi connectivity index (χ3n) is 4.52. The highest BCUT2D eigenvalue weighted by Crippen LogP contribution is 2.17. The van der Waals surface area contributed by atoms with Gasteiger partial charge in [-0.05, 0) is 39.3 Å². The standard InChI is InChI=1S/C21H33N5O3/c1-7-17(2)22-19-9-8-18(14-26(19)15-23(6)16-27)24-10-12-25(13-11-24)20(28)29-21(3,4)5/h8-9,14,16H,2,7,10-13,15H2,1,3-6H3. The maximum absolute atomic E-state index is 12.3. The van der Waals surface area contributed by atoms with E-state index in [1.54, 1.807) is 16.8 Å². The fraction of sp³-hybridized carbons (Fsp3) is 0.571. The molecular formula is C21H33N5O3. The summed E-state index contributed by atoms with van der Waals surface area (Å²) in [5.74, 6) is 0. The van der Waals surface area contributed by atoms with Crippen LogP contribution in [0.15, 0.2) is 35.6 Å². The van der Waals surface area contributed by atoms with Crippen molar-refractivity contribution in [3.05, 3.63) is 36.1 Å².